The van der Waals surface area contributed by atoms with Crippen molar-refractivity contribution in [2.75, 3.05) is 13.1 Å². The van der Waals surface area contributed by atoms with Gasteiger partial charge in [0.25, 0.3) is 0 Å². The Labute approximate surface area is 134 Å². The molecular weight excluding hydrogens is 270 g/mol. The Morgan fingerprint density at radius 2 is 2.05 bits per heavy atom. The number of hydrogen-bond acceptors (Lipinski definition) is 3. The van der Waals surface area contributed by atoms with Crippen molar-refractivity contribution in [2.45, 2.75) is 66.3 Å². The van der Waals surface area contributed by atoms with E-state index in [9.17, 15) is 0 Å². The molecule has 120 valence electrons. The lowest BCUT2D eigenvalue weighted by Gasteiger charge is -2.36. The molecule has 3 rings (SSSR count). The molecule has 0 bridgehead atoms. The van der Waals surface area contributed by atoms with Crippen molar-refractivity contribution in [1.82, 2.24) is 14.9 Å². The Kier molecular flexibility index (Phi) is 4.35. The van der Waals surface area contributed by atoms with Gasteiger partial charge in [0.05, 0.1) is 0 Å². The van der Waals surface area contributed by atoms with Crippen LogP contribution < -0.4 is 0 Å². The van der Waals surface area contributed by atoms with E-state index in [1.54, 1.807) is 11.1 Å². The molecule has 0 aromatic carbocycles. The summed E-state index contributed by atoms with van der Waals surface area (Å²) in [5, 5.41) is 0. The molecular formula is C19H29N3. The molecule has 0 amide bonds. The second kappa shape index (κ2) is 6.11. The lowest BCUT2D eigenvalue weighted by molar-refractivity contribution is 0.242. The number of rotatable bonds is 3. The van der Waals surface area contributed by atoms with Gasteiger partial charge in [-0.25, -0.2) is 9.97 Å². The van der Waals surface area contributed by atoms with Gasteiger partial charge in [-0.1, -0.05) is 25.0 Å². The van der Waals surface area contributed by atoms with Crippen molar-refractivity contribution in [1.29, 1.82) is 0 Å². The van der Waals surface area contributed by atoms with Crippen LogP contribution in [0.3, 0.4) is 0 Å². The summed E-state index contributed by atoms with van der Waals surface area (Å²) in [6, 6.07) is 0. The fraction of sp³-hybridized carbons (Fsp3) is 0.684. The first-order valence-electron chi connectivity index (χ1n) is 8.68. The number of aromatic nitrogens is 2. The molecule has 1 aliphatic carbocycles. The van der Waals surface area contributed by atoms with Gasteiger partial charge < -0.3 is 0 Å². The number of fused-ring (bicyclic) bond motifs is 1. The average Bonchev–Trinajstić information content (AvgIpc) is 2.46. The maximum absolute atomic E-state index is 4.59. The molecule has 0 unspecified atom stereocenters. The van der Waals surface area contributed by atoms with E-state index in [1.807, 2.05) is 13.1 Å². The van der Waals surface area contributed by atoms with Crippen LogP contribution in [0.4, 0.5) is 0 Å². The van der Waals surface area contributed by atoms with Gasteiger partial charge in [0.2, 0.25) is 0 Å². The van der Waals surface area contributed by atoms with Crippen molar-refractivity contribution in [3.8, 4) is 0 Å². The van der Waals surface area contributed by atoms with Crippen molar-refractivity contribution in [3.05, 3.63) is 34.4 Å². The van der Waals surface area contributed by atoms with Crippen LogP contribution in [0.15, 0.2) is 17.3 Å². The van der Waals surface area contributed by atoms with Crippen LogP contribution in [0.25, 0.3) is 0 Å². The van der Waals surface area contributed by atoms with E-state index in [0.29, 0.717) is 5.41 Å². The maximum Gasteiger partial charge on any atom is 0.125 e. The summed E-state index contributed by atoms with van der Waals surface area (Å²) in [6.45, 7) is 12.5. The minimum absolute atomic E-state index is 0.399. The van der Waals surface area contributed by atoms with E-state index >= 15 is 0 Å². The number of aryl methyl sites for hydroxylation is 1. The zero-order valence-electron chi connectivity index (χ0n) is 14.6. The molecule has 3 heteroatoms. The molecule has 0 fully saturated rings. The van der Waals surface area contributed by atoms with Crippen LogP contribution >= 0.6 is 0 Å². The third kappa shape index (κ3) is 3.24. The van der Waals surface area contributed by atoms with Gasteiger partial charge in [-0.3, -0.25) is 4.90 Å². The Balaban J connectivity index is 1.64. The van der Waals surface area contributed by atoms with Gasteiger partial charge >= 0.3 is 0 Å². The van der Waals surface area contributed by atoms with Crippen molar-refractivity contribution >= 4 is 0 Å². The van der Waals surface area contributed by atoms with Gasteiger partial charge in [0, 0.05) is 43.5 Å². The van der Waals surface area contributed by atoms with Gasteiger partial charge in [-0.2, -0.15) is 0 Å². The van der Waals surface area contributed by atoms with Gasteiger partial charge in [-0.15, -0.1) is 0 Å². The second-order valence-electron chi connectivity index (χ2n) is 7.66. The van der Waals surface area contributed by atoms with Crippen molar-refractivity contribution in [2.24, 2.45) is 5.41 Å². The number of hydrogen-bond donors (Lipinski definition) is 0. The molecule has 0 spiro atoms. The SMILES string of the molecule is CC1=C(CCN2CCc3nc(C)ncc3C2)C(C)(C)CCC1. The Morgan fingerprint density at radius 3 is 2.82 bits per heavy atom. The lowest BCUT2D eigenvalue weighted by atomic mass is 9.71. The second-order valence-corrected chi connectivity index (χ2v) is 7.66. The molecule has 0 saturated heterocycles. The topological polar surface area (TPSA) is 29.0 Å². The highest BCUT2D eigenvalue weighted by Gasteiger charge is 2.28. The first-order valence-corrected chi connectivity index (χ1v) is 8.68. The van der Waals surface area contributed by atoms with Crippen LogP contribution in [-0.4, -0.2) is 28.0 Å². The van der Waals surface area contributed by atoms with E-state index in [4.69, 9.17) is 0 Å². The van der Waals surface area contributed by atoms with E-state index in [0.717, 1.165) is 25.3 Å². The Morgan fingerprint density at radius 1 is 1.23 bits per heavy atom. The summed E-state index contributed by atoms with van der Waals surface area (Å²) >= 11 is 0. The van der Waals surface area contributed by atoms with Crippen LogP contribution in [0.2, 0.25) is 0 Å². The van der Waals surface area contributed by atoms with E-state index < -0.39 is 0 Å². The molecule has 22 heavy (non-hydrogen) atoms. The van der Waals surface area contributed by atoms with Crippen LogP contribution in [-0.2, 0) is 13.0 Å². The van der Waals surface area contributed by atoms with Crippen molar-refractivity contribution in [3.63, 3.8) is 0 Å². The fourth-order valence-corrected chi connectivity index (χ4v) is 4.16. The molecule has 0 saturated carbocycles. The molecule has 2 heterocycles. The smallest absolute Gasteiger partial charge is 0.125 e. The quantitative estimate of drug-likeness (QED) is 0.788. The highest BCUT2D eigenvalue weighted by atomic mass is 15.1. The first kappa shape index (κ1) is 15.7. The number of allylic oxidation sites excluding steroid dienone is 1. The summed E-state index contributed by atoms with van der Waals surface area (Å²) in [5.41, 5.74) is 6.34. The lowest BCUT2D eigenvalue weighted by Crippen LogP contribution is -2.33. The summed E-state index contributed by atoms with van der Waals surface area (Å²) in [5.74, 6) is 0.900. The monoisotopic (exact) mass is 299 g/mol. The standard InChI is InChI=1S/C19H29N3/c1-14-6-5-9-19(3,4)17(14)7-10-22-11-8-18-16(13-22)12-20-15(2)21-18/h12H,5-11,13H2,1-4H3. The van der Waals surface area contributed by atoms with Gasteiger partial charge in [-0.05, 0) is 44.9 Å². The fourth-order valence-electron chi connectivity index (χ4n) is 4.16. The minimum Gasteiger partial charge on any atom is -0.298 e. The molecule has 3 nitrogen and oxygen atoms in total. The van der Waals surface area contributed by atoms with Crippen LogP contribution in [0, 0.1) is 12.3 Å². The predicted octanol–water partition coefficient (Wildman–Crippen LogP) is 4.06. The predicted molar refractivity (Wildman–Crippen MR) is 90.7 cm³/mol. The van der Waals surface area contributed by atoms with E-state index in [1.165, 1.54) is 43.5 Å². The third-order valence-electron chi connectivity index (χ3n) is 5.50. The summed E-state index contributed by atoms with van der Waals surface area (Å²) < 4.78 is 0. The van der Waals surface area contributed by atoms with Crippen LogP contribution in [0.1, 0.15) is 63.5 Å². The highest BCUT2D eigenvalue weighted by Crippen LogP contribution is 2.41. The average molecular weight is 299 g/mol. The molecule has 2 aliphatic rings. The summed E-state index contributed by atoms with van der Waals surface area (Å²) in [7, 11) is 0. The molecule has 1 aromatic rings. The summed E-state index contributed by atoms with van der Waals surface area (Å²) in [6.07, 6.45) is 8.32. The van der Waals surface area contributed by atoms with E-state index in [2.05, 4.69) is 35.6 Å². The molecule has 0 atom stereocenters. The molecule has 1 aromatic heterocycles. The highest BCUT2D eigenvalue weighted by molar-refractivity contribution is 5.23. The Hall–Kier alpha value is -1.22. The summed E-state index contributed by atoms with van der Waals surface area (Å²) in [4.78, 5) is 11.5. The number of nitrogens with zero attached hydrogens (tertiary/aromatic N) is 3. The Bertz CT molecular complexity index is 586. The van der Waals surface area contributed by atoms with Crippen molar-refractivity contribution < 1.29 is 0 Å². The molecule has 0 radical (unpaired) electrons. The maximum atomic E-state index is 4.59. The van der Waals surface area contributed by atoms with E-state index in [-0.39, 0.29) is 0 Å². The molecule has 0 N–H and O–H groups in total. The van der Waals surface area contributed by atoms with Crippen LogP contribution in [0.5, 0.6) is 0 Å². The third-order valence-corrected chi connectivity index (χ3v) is 5.50. The first-order chi connectivity index (χ1) is 10.5. The van der Waals surface area contributed by atoms with Gasteiger partial charge in [0.1, 0.15) is 5.82 Å². The zero-order chi connectivity index (χ0) is 15.7. The van der Waals surface area contributed by atoms with Gasteiger partial charge in [0.15, 0.2) is 0 Å². The molecule has 1 aliphatic heterocycles. The normalized spacial score (nSPS) is 21.8. The minimum atomic E-state index is 0.399. The largest absolute Gasteiger partial charge is 0.298 e. The zero-order valence-corrected chi connectivity index (χ0v) is 14.6.